The number of benzene rings is 2. The van der Waals surface area contributed by atoms with Crippen molar-refractivity contribution < 1.29 is 19.7 Å². The summed E-state index contributed by atoms with van der Waals surface area (Å²) in [5, 5.41) is 28.3. The van der Waals surface area contributed by atoms with Crippen LogP contribution in [0, 0.1) is 0 Å². The van der Waals surface area contributed by atoms with Crippen LogP contribution in [0.3, 0.4) is 0 Å². The average Bonchev–Trinajstić information content (AvgIpc) is 2.81. The Morgan fingerprint density at radius 1 is 1.21 bits per heavy atom. The number of anilines is 2. The van der Waals surface area contributed by atoms with Crippen LogP contribution in [0.15, 0.2) is 47.7 Å². The fourth-order valence-electron chi connectivity index (χ4n) is 4.22. The highest BCUT2D eigenvalue weighted by atomic mass is 16.5. The van der Waals surface area contributed by atoms with Crippen molar-refractivity contribution >= 4 is 47.2 Å². The Morgan fingerprint density at radius 2 is 2.03 bits per heavy atom. The number of hydrogen-bond donors (Lipinski definition) is 3. The van der Waals surface area contributed by atoms with Crippen molar-refractivity contribution in [3.63, 3.8) is 0 Å². The number of amides is 1. The van der Waals surface area contributed by atoms with Crippen molar-refractivity contribution in [3.8, 4) is 5.75 Å². The monoisotopic (exact) mass is 445 g/mol. The number of aromatic nitrogens is 2. The molecule has 0 bridgehead atoms. The van der Waals surface area contributed by atoms with Gasteiger partial charge in [-0.3, -0.25) is 4.79 Å². The maximum atomic E-state index is 11.7. The first kappa shape index (κ1) is 21.4. The molecule has 0 saturated heterocycles. The number of aliphatic hydroxyl groups excluding tert-OH is 1. The first-order chi connectivity index (χ1) is 16.0. The number of nitrogens with one attached hydrogen (secondary N) is 1. The molecule has 1 aromatic heterocycles. The van der Waals surface area contributed by atoms with Gasteiger partial charge in [0.2, 0.25) is 11.9 Å². The molecule has 168 valence electrons. The second-order valence-electron chi connectivity index (χ2n) is 8.39. The van der Waals surface area contributed by atoms with Gasteiger partial charge in [0.1, 0.15) is 11.3 Å². The molecule has 1 aliphatic carbocycles. The fourth-order valence-corrected chi connectivity index (χ4v) is 4.22. The van der Waals surface area contributed by atoms with Crippen LogP contribution >= 0.6 is 0 Å². The van der Waals surface area contributed by atoms with E-state index >= 15 is 0 Å². The maximum Gasteiger partial charge on any atom is 0.474 e. The molecule has 3 N–H and O–H groups in total. The quantitative estimate of drug-likeness (QED) is 0.525. The molecule has 1 fully saturated rings. The van der Waals surface area contributed by atoms with E-state index in [4.69, 9.17) is 4.74 Å². The average molecular weight is 445 g/mol. The Balaban J connectivity index is 1.40. The summed E-state index contributed by atoms with van der Waals surface area (Å²) in [5.41, 5.74) is 2.67. The third-order valence-corrected chi connectivity index (χ3v) is 6.01. The highest BCUT2D eigenvalue weighted by molar-refractivity contribution is 6.67. The van der Waals surface area contributed by atoms with Crippen molar-refractivity contribution in [1.29, 1.82) is 0 Å². The van der Waals surface area contributed by atoms with Gasteiger partial charge in [0.25, 0.3) is 0 Å². The van der Waals surface area contributed by atoms with Gasteiger partial charge in [0.05, 0.1) is 18.4 Å². The lowest BCUT2D eigenvalue weighted by Gasteiger charge is -2.26. The highest BCUT2D eigenvalue weighted by Gasteiger charge is 2.32. The van der Waals surface area contributed by atoms with Gasteiger partial charge in [-0.15, -0.1) is 0 Å². The lowest BCUT2D eigenvalue weighted by molar-refractivity contribution is -0.125. The minimum absolute atomic E-state index is 0.0541. The molecule has 9 nitrogen and oxygen atoms in total. The molecule has 0 spiro atoms. The highest BCUT2D eigenvalue weighted by Crippen LogP contribution is 2.29. The summed E-state index contributed by atoms with van der Waals surface area (Å²) in [6, 6.07) is 11.2. The summed E-state index contributed by atoms with van der Waals surface area (Å²) < 4.78 is 6.23. The Bertz CT molecular complexity index is 1230. The van der Waals surface area contributed by atoms with Crippen LogP contribution in [0.4, 0.5) is 11.6 Å². The van der Waals surface area contributed by atoms with Crippen LogP contribution in [0.1, 0.15) is 38.2 Å². The summed E-state index contributed by atoms with van der Waals surface area (Å²) in [6.07, 6.45) is 6.21. The molecule has 0 radical (unpaired) electrons. The minimum Gasteiger partial charge on any atom is -0.488 e. The Morgan fingerprint density at radius 3 is 2.82 bits per heavy atom. The number of para-hydroxylation sites is 1. The predicted molar refractivity (Wildman–Crippen MR) is 126 cm³/mol. The van der Waals surface area contributed by atoms with E-state index in [1.165, 1.54) is 6.92 Å². The largest absolute Gasteiger partial charge is 0.488 e. The van der Waals surface area contributed by atoms with Gasteiger partial charge in [-0.2, -0.15) is 5.10 Å². The number of ether oxygens (including phenoxy) is 1. The smallest absolute Gasteiger partial charge is 0.474 e. The number of rotatable bonds is 4. The lowest BCUT2D eigenvalue weighted by Crippen LogP contribution is -2.51. The second-order valence-corrected chi connectivity index (χ2v) is 8.39. The molecule has 1 amide bonds. The van der Waals surface area contributed by atoms with Gasteiger partial charge in [-0.05, 0) is 54.9 Å². The second kappa shape index (κ2) is 8.80. The molecule has 0 atom stereocenters. The lowest BCUT2D eigenvalue weighted by atomic mass is 9.69. The topological polar surface area (TPSA) is 120 Å². The number of hydrazone groups is 1. The Labute approximate surface area is 191 Å². The number of carbonyl (C=O) groups is 1. The molecule has 0 unspecified atom stereocenters. The zero-order valence-electron chi connectivity index (χ0n) is 18.2. The number of aliphatic hydroxyl groups is 1. The first-order valence-electron chi connectivity index (χ1n) is 11.0. The molecule has 5 rings (SSSR count). The molecular weight excluding hydrogens is 421 g/mol. The molecular formula is C23H24BN5O4. The van der Waals surface area contributed by atoms with Crippen molar-refractivity contribution in [3.05, 3.63) is 48.2 Å². The SMILES string of the molecule is CC(=O)N1N=Cc2ccc(Nc3ncc4cccc(OC5CCC(O)CC5)c4n3)cc2B1O. The Hall–Kier alpha value is -3.50. The van der Waals surface area contributed by atoms with E-state index in [-0.39, 0.29) is 18.1 Å². The van der Waals surface area contributed by atoms with Crippen molar-refractivity contribution in [2.75, 3.05) is 5.32 Å². The normalized spacial score (nSPS) is 20.0. The van der Waals surface area contributed by atoms with E-state index in [9.17, 15) is 14.9 Å². The summed E-state index contributed by atoms with van der Waals surface area (Å²) in [7, 11) is -1.16. The van der Waals surface area contributed by atoms with Gasteiger partial charge >= 0.3 is 7.05 Å². The van der Waals surface area contributed by atoms with Crippen molar-refractivity contribution in [2.24, 2.45) is 5.10 Å². The molecule has 2 heterocycles. The number of fused-ring (bicyclic) bond motifs is 2. The Kier molecular flexibility index (Phi) is 5.69. The van der Waals surface area contributed by atoms with E-state index in [0.29, 0.717) is 28.4 Å². The van der Waals surface area contributed by atoms with E-state index in [0.717, 1.165) is 41.6 Å². The van der Waals surface area contributed by atoms with Gasteiger partial charge in [0.15, 0.2) is 0 Å². The molecule has 10 heteroatoms. The van der Waals surface area contributed by atoms with Gasteiger partial charge < -0.3 is 20.2 Å². The van der Waals surface area contributed by atoms with Crippen LogP contribution in [0.5, 0.6) is 5.75 Å². The molecule has 33 heavy (non-hydrogen) atoms. The molecule has 2 aliphatic rings. The van der Waals surface area contributed by atoms with Gasteiger partial charge in [-0.1, -0.05) is 18.2 Å². The number of carbonyl (C=O) groups excluding carboxylic acids is 1. The van der Waals surface area contributed by atoms with Crippen molar-refractivity contribution in [2.45, 2.75) is 44.8 Å². The molecule has 3 aromatic rings. The summed E-state index contributed by atoms with van der Waals surface area (Å²) in [4.78, 5) is 21.8. The number of hydrogen-bond acceptors (Lipinski definition) is 8. The third-order valence-electron chi connectivity index (χ3n) is 6.01. The van der Waals surface area contributed by atoms with Gasteiger partial charge in [-0.25, -0.2) is 14.9 Å². The summed E-state index contributed by atoms with van der Waals surface area (Å²) >= 11 is 0. The summed E-state index contributed by atoms with van der Waals surface area (Å²) in [5.74, 6) is 0.731. The van der Waals surface area contributed by atoms with E-state index in [1.807, 2.05) is 30.3 Å². The van der Waals surface area contributed by atoms with Crippen LogP contribution in [0.25, 0.3) is 10.9 Å². The van der Waals surface area contributed by atoms with E-state index < -0.39 is 7.05 Å². The van der Waals surface area contributed by atoms with E-state index in [2.05, 4.69) is 20.4 Å². The minimum atomic E-state index is -1.16. The zero-order valence-corrected chi connectivity index (χ0v) is 18.2. The number of nitrogens with zero attached hydrogens (tertiary/aromatic N) is 4. The zero-order chi connectivity index (χ0) is 22.9. The van der Waals surface area contributed by atoms with Crippen LogP contribution in [-0.4, -0.2) is 56.4 Å². The summed E-state index contributed by atoms with van der Waals surface area (Å²) in [6.45, 7) is 1.35. The van der Waals surface area contributed by atoms with E-state index in [1.54, 1.807) is 18.5 Å². The molecule has 1 aliphatic heterocycles. The molecule has 1 saturated carbocycles. The van der Waals surface area contributed by atoms with Crippen LogP contribution in [-0.2, 0) is 4.79 Å². The van der Waals surface area contributed by atoms with Crippen molar-refractivity contribution in [1.82, 2.24) is 14.9 Å². The standard InChI is InChI=1S/C23H24BN5O4/c1-14(30)29-24(32)20-11-17(6-5-15(20)13-26-29)27-23-25-12-16-3-2-4-21(22(16)28-23)33-19-9-7-18(31)8-10-19/h2-6,11-13,18-19,31-32H,7-10H2,1H3,(H,25,27,28). The maximum absolute atomic E-state index is 11.7. The fraction of sp³-hybridized carbons (Fsp3) is 0.304. The van der Waals surface area contributed by atoms with Crippen LogP contribution < -0.4 is 15.5 Å². The van der Waals surface area contributed by atoms with Gasteiger partial charge in [0, 0.05) is 24.2 Å². The predicted octanol–water partition coefficient (Wildman–Crippen LogP) is 1.94. The third kappa shape index (κ3) is 4.39. The van der Waals surface area contributed by atoms with Crippen LogP contribution in [0.2, 0.25) is 0 Å². The molecule has 2 aromatic carbocycles. The first-order valence-corrected chi connectivity index (χ1v) is 11.0.